The Morgan fingerprint density at radius 1 is 0.742 bits per heavy atom. The maximum Gasteiger partial charge on any atom is 0.264 e. The normalized spacial score (nSPS) is 15.9. The molecule has 31 heavy (non-hydrogen) atoms. The average molecular weight is 433 g/mol. The molecule has 5 nitrogen and oxygen atoms in total. The van der Waals surface area contributed by atoms with Crippen LogP contribution in [0.5, 0.6) is 0 Å². The van der Waals surface area contributed by atoms with Crippen LogP contribution in [0.4, 0.5) is 11.4 Å². The van der Waals surface area contributed by atoms with E-state index in [0.717, 1.165) is 48.2 Å². The molecule has 3 aromatic rings. The van der Waals surface area contributed by atoms with Gasteiger partial charge in [0.25, 0.3) is 15.9 Å². The summed E-state index contributed by atoms with van der Waals surface area (Å²) in [5.74, 6) is -0.164. The Kier molecular flexibility index (Phi) is 5.02. The maximum absolute atomic E-state index is 13.5. The van der Waals surface area contributed by atoms with Crippen LogP contribution in [0, 0.1) is 0 Å². The van der Waals surface area contributed by atoms with E-state index in [0.29, 0.717) is 18.7 Å². The molecule has 0 spiro atoms. The lowest BCUT2D eigenvalue weighted by atomic mass is 10.0. The van der Waals surface area contributed by atoms with Gasteiger partial charge in [0.1, 0.15) is 0 Å². The number of amides is 1. The van der Waals surface area contributed by atoms with Gasteiger partial charge in [-0.15, -0.1) is 0 Å². The van der Waals surface area contributed by atoms with Crippen molar-refractivity contribution in [2.24, 2.45) is 0 Å². The molecule has 0 atom stereocenters. The predicted octanol–water partition coefficient (Wildman–Crippen LogP) is 4.42. The highest BCUT2D eigenvalue weighted by Gasteiger charge is 2.30. The Morgan fingerprint density at radius 3 is 2.16 bits per heavy atom. The number of anilines is 2. The highest BCUT2D eigenvalue weighted by Crippen LogP contribution is 2.33. The summed E-state index contributed by atoms with van der Waals surface area (Å²) in [4.78, 5) is 15.3. The van der Waals surface area contributed by atoms with Crippen molar-refractivity contribution < 1.29 is 13.2 Å². The van der Waals surface area contributed by atoms with Crippen LogP contribution in [0.25, 0.3) is 0 Å². The van der Waals surface area contributed by atoms with Crippen LogP contribution < -0.4 is 9.21 Å². The van der Waals surface area contributed by atoms with Crippen LogP contribution in [-0.4, -0.2) is 27.4 Å². The molecule has 0 aromatic heterocycles. The summed E-state index contributed by atoms with van der Waals surface area (Å²) in [5.41, 5.74) is 4.22. The van der Waals surface area contributed by atoms with Crippen LogP contribution in [0.1, 0.15) is 34.3 Å². The van der Waals surface area contributed by atoms with Gasteiger partial charge in [0.05, 0.1) is 10.6 Å². The van der Waals surface area contributed by atoms with Gasteiger partial charge < -0.3 is 4.90 Å². The monoisotopic (exact) mass is 432 g/mol. The molecule has 0 N–H and O–H groups in total. The summed E-state index contributed by atoms with van der Waals surface area (Å²) in [5, 5.41) is 0. The lowest BCUT2D eigenvalue weighted by Gasteiger charge is -2.31. The van der Waals surface area contributed by atoms with Crippen molar-refractivity contribution in [2.45, 2.75) is 30.6 Å². The predicted molar refractivity (Wildman–Crippen MR) is 122 cm³/mol. The fourth-order valence-electron chi connectivity index (χ4n) is 4.57. The lowest BCUT2D eigenvalue weighted by Crippen LogP contribution is -2.36. The smallest absolute Gasteiger partial charge is 0.264 e. The molecule has 0 saturated carbocycles. The van der Waals surface area contributed by atoms with E-state index in [9.17, 15) is 13.2 Å². The number of carbonyl (C=O) groups is 1. The molecule has 0 saturated heterocycles. The van der Waals surface area contributed by atoms with E-state index in [4.69, 9.17) is 0 Å². The second-order valence-electron chi connectivity index (χ2n) is 8.03. The molecule has 0 fully saturated rings. The number of nitrogens with zero attached hydrogens (tertiary/aromatic N) is 2. The summed E-state index contributed by atoms with van der Waals surface area (Å²) in [7, 11) is -3.76. The number of hydrogen-bond donors (Lipinski definition) is 0. The Morgan fingerprint density at radius 2 is 1.39 bits per heavy atom. The van der Waals surface area contributed by atoms with Gasteiger partial charge in [0.15, 0.2) is 0 Å². The largest absolute Gasteiger partial charge is 0.308 e. The zero-order chi connectivity index (χ0) is 21.4. The van der Waals surface area contributed by atoms with Gasteiger partial charge in [-0.3, -0.25) is 9.10 Å². The second kappa shape index (κ2) is 7.85. The van der Waals surface area contributed by atoms with E-state index in [1.807, 2.05) is 48.5 Å². The third-order valence-electron chi connectivity index (χ3n) is 6.09. The van der Waals surface area contributed by atoms with Crippen molar-refractivity contribution in [3.63, 3.8) is 0 Å². The number of benzene rings is 3. The molecule has 2 heterocycles. The number of carbonyl (C=O) groups excluding carboxylic acids is 1. The number of rotatable bonds is 3. The molecule has 6 heteroatoms. The third kappa shape index (κ3) is 3.51. The van der Waals surface area contributed by atoms with E-state index in [1.165, 1.54) is 10.4 Å². The summed E-state index contributed by atoms with van der Waals surface area (Å²) >= 11 is 0. The number of hydrogen-bond acceptors (Lipinski definition) is 3. The fraction of sp³-hybridized carbons (Fsp3) is 0.240. The van der Waals surface area contributed by atoms with E-state index >= 15 is 0 Å². The van der Waals surface area contributed by atoms with Crippen molar-refractivity contribution in [2.75, 3.05) is 22.3 Å². The molecular weight excluding hydrogens is 408 g/mol. The van der Waals surface area contributed by atoms with Crippen molar-refractivity contribution in [3.05, 3.63) is 89.5 Å². The van der Waals surface area contributed by atoms with Gasteiger partial charge in [-0.05, 0) is 67.1 Å². The number of fused-ring (bicyclic) bond motifs is 2. The summed E-state index contributed by atoms with van der Waals surface area (Å²) < 4.78 is 28.5. The van der Waals surface area contributed by atoms with Crippen LogP contribution >= 0.6 is 0 Å². The highest BCUT2D eigenvalue weighted by atomic mass is 32.2. The second-order valence-corrected chi connectivity index (χ2v) is 9.89. The number of para-hydroxylation sites is 2. The van der Waals surface area contributed by atoms with Gasteiger partial charge in [-0.25, -0.2) is 8.42 Å². The van der Waals surface area contributed by atoms with Crippen molar-refractivity contribution in [1.82, 2.24) is 0 Å². The van der Waals surface area contributed by atoms with Crippen molar-refractivity contribution in [3.8, 4) is 0 Å². The minimum atomic E-state index is -3.76. The molecule has 2 aliphatic heterocycles. The van der Waals surface area contributed by atoms with Crippen LogP contribution in [0.2, 0.25) is 0 Å². The Bertz CT molecular complexity index is 1250. The third-order valence-corrected chi connectivity index (χ3v) is 7.90. The first-order chi connectivity index (χ1) is 15.1. The van der Waals surface area contributed by atoms with Crippen molar-refractivity contribution >= 4 is 27.3 Å². The number of sulfonamides is 1. The van der Waals surface area contributed by atoms with Crippen molar-refractivity contribution in [1.29, 1.82) is 0 Å². The van der Waals surface area contributed by atoms with Crippen LogP contribution in [0.3, 0.4) is 0 Å². The standard InChI is InChI=1S/C25H24N2O3S/c28-25(26-16-6-11-19-8-1-3-14-23(19)26)21-10-5-13-22(18-21)31(29,30)27-17-7-12-20-9-2-4-15-24(20)27/h1-5,8-10,13-15,18H,6-7,11-12,16-17H2. The summed E-state index contributed by atoms with van der Waals surface area (Å²) in [6.45, 7) is 1.07. The SMILES string of the molecule is O=C(c1cccc(S(=O)(=O)N2CCCc3ccccc32)c1)N1CCCc2ccccc21. The fourth-order valence-corrected chi connectivity index (χ4v) is 6.15. The van der Waals surface area contributed by atoms with E-state index in [2.05, 4.69) is 0 Å². The molecule has 3 aromatic carbocycles. The average Bonchev–Trinajstić information content (AvgIpc) is 2.83. The number of aryl methyl sites for hydroxylation is 2. The Labute approximate surface area is 183 Å². The molecule has 0 aliphatic carbocycles. The van der Waals surface area contributed by atoms with E-state index in [1.54, 1.807) is 23.1 Å². The highest BCUT2D eigenvalue weighted by molar-refractivity contribution is 7.92. The van der Waals surface area contributed by atoms with Gasteiger partial charge in [0.2, 0.25) is 0 Å². The van der Waals surface area contributed by atoms with Gasteiger partial charge in [-0.1, -0.05) is 42.5 Å². The molecule has 0 radical (unpaired) electrons. The van der Waals surface area contributed by atoms with Gasteiger partial charge in [-0.2, -0.15) is 0 Å². The minimum absolute atomic E-state index is 0.153. The topological polar surface area (TPSA) is 57.7 Å². The first kappa shape index (κ1) is 19.8. The molecule has 5 rings (SSSR count). The zero-order valence-electron chi connectivity index (χ0n) is 17.2. The Hall–Kier alpha value is -3.12. The summed E-state index contributed by atoms with van der Waals surface area (Å²) in [6, 6.07) is 22.0. The quantitative estimate of drug-likeness (QED) is 0.616. The minimum Gasteiger partial charge on any atom is -0.308 e. The van der Waals surface area contributed by atoms with E-state index < -0.39 is 10.0 Å². The summed E-state index contributed by atoms with van der Waals surface area (Å²) in [6.07, 6.45) is 3.49. The molecule has 0 unspecified atom stereocenters. The first-order valence-corrected chi connectivity index (χ1v) is 12.1. The zero-order valence-corrected chi connectivity index (χ0v) is 18.0. The van der Waals surface area contributed by atoms with Crippen LogP contribution in [-0.2, 0) is 22.9 Å². The van der Waals surface area contributed by atoms with Gasteiger partial charge >= 0.3 is 0 Å². The van der Waals surface area contributed by atoms with E-state index in [-0.39, 0.29) is 10.8 Å². The molecule has 158 valence electrons. The Balaban J connectivity index is 1.50. The van der Waals surface area contributed by atoms with Gasteiger partial charge in [0, 0.05) is 24.3 Å². The maximum atomic E-state index is 13.5. The van der Waals surface area contributed by atoms with Crippen LogP contribution in [0.15, 0.2) is 77.7 Å². The molecule has 2 aliphatic rings. The molecule has 0 bridgehead atoms. The lowest BCUT2D eigenvalue weighted by molar-refractivity contribution is 0.0985. The molecule has 1 amide bonds. The molecular formula is C25H24N2O3S. The first-order valence-electron chi connectivity index (χ1n) is 10.7.